The first kappa shape index (κ1) is 15.3. The number of nitrogens with zero attached hydrogens (tertiary/aromatic N) is 1. The first-order chi connectivity index (χ1) is 8.73. The van der Waals surface area contributed by atoms with Gasteiger partial charge in [-0.3, -0.25) is 9.69 Å². The van der Waals surface area contributed by atoms with Crippen molar-refractivity contribution in [3.63, 3.8) is 0 Å². The maximum atomic E-state index is 12.2. The van der Waals surface area contributed by atoms with Gasteiger partial charge in [-0.15, -0.1) is 0 Å². The minimum Gasteiger partial charge on any atom is -0.504 e. The minimum absolute atomic E-state index is 0.0518. The van der Waals surface area contributed by atoms with E-state index in [2.05, 4.69) is 0 Å². The number of phenolic OH excluding ortho intramolecular Hbond substituents is 2. The molecule has 7 heteroatoms. The number of aromatic hydroxyl groups is 2. The molecule has 0 amide bonds. The third kappa shape index (κ3) is 4.78. The lowest BCUT2D eigenvalue weighted by Gasteiger charge is -2.21. The second-order valence-electron chi connectivity index (χ2n) is 4.05. The van der Waals surface area contributed by atoms with E-state index in [1.807, 2.05) is 0 Å². The van der Waals surface area contributed by atoms with Gasteiger partial charge < -0.3 is 10.2 Å². The fourth-order valence-electron chi connectivity index (χ4n) is 1.52. The molecule has 1 rings (SSSR count). The maximum Gasteiger partial charge on any atom is 0.401 e. The maximum absolute atomic E-state index is 12.2. The Kier molecular flexibility index (Phi) is 4.77. The predicted octanol–water partition coefficient (Wildman–Crippen LogP) is 2.16. The zero-order valence-electron chi connectivity index (χ0n) is 10.2. The van der Waals surface area contributed by atoms with Crippen LogP contribution in [0, 0.1) is 0 Å². The molecule has 0 spiro atoms. The average Bonchev–Trinajstić information content (AvgIpc) is 2.29. The van der Waals surface area contributed by atoms with Crippen LogP contribution in [0.3, 0.4) is 0 Å². The molecule has 0 radical (unpaired) electrons. The summed E-state index contributed by atoms with van der Waals surface area (Å²) in [4.78, 5) is 12.7. The van der Waals surface area contributed by atoms with Crippen LogP contribution in [0.15, 0.2) is 18.2 Å². The number of Topliss-reactive ketones (excluding diaryl/α,β-unsaturated/α-hetero) is 1. The molecule has 0 fully saturated rings. The smallest absolute Gasteiger partial charge is 0.401 e. The van der Waals surface area contributed by atoms with Crippen molar-refractivity contribution in [1.82, 2.24) is 4.90 Å². The summed E-state index contributed by atoms with van der Waals surface area (Å²) in [6, 6.07) is 3.39. The molecule has 0 saturated carbocycles. The Bertz CT molecular complexity index is 460. The lowest BCUT2D eigenvalue weighted by molar-refractivity contribution is -0.144. The van der Waals surface area contributed by atoms with Crippen molar-refractivity contribution in [3.8, 4) is 11.5 Å². The quantitative estimate of drug-likeness (QED) is 0.639. The van der Waals surface area contributed by atoms with Crippen LogP contribution in [0.4, 0.5) is 13.2 Å². The molecular formula is C12H14F3NO3. The summed E-state index contributed by atoms with van der Waals surface area (Å²) in [7, 11) is 0. The van der Waals surface area contributed by atoms with Gasteiger partial charge in [0, 0.05) is 5.56 Å². The number of phenols is 2. The van der Waals surface area contributed by atoms with E-state index < -0.39 is 30.8 Å². The predicted molar refractivity (Wildman–Crippen MR) is 62.3 cm³/mol. The molecule has 0 aromatic heterocycles. The highest BCUT2D eigenvalue weighted by atomic mass is 19.4. The highest BCUT2D eigenvalue weighted by Crippen LogP contribution is 2.25. The Hall–Kier alpha value is -1.76. The van der Waals surface area contributed by atoms with E-state index in [0.29, 0.717) is 0 Å². The molecule has 1 aromatic carbocycles. The standard InChI is InChI=1S/C12H14F3NO3/c1-2-16(7-12(13,14)15)6-11(19)8-3-4-9(17)10(18)5-8/h3-5,17-18H,2,6-7H2,1H3. The van der Waals surface area contributed by atoms with Gasteiger partial charge in [-0.2, -0.15) is 13.2 Å². The van der Waals surface area contributed by atoms with Crippen molar-refractivity contribution in [3.05, 3.63) is 23.8 Å². The number of hydrogen-bond acceptors (Lipinski definition) is 4. The summed E-state index contributed by atoms with van der Waals surface area (Å²) < 4.78 is 36.7. The van der Waals surface area contributed by atoms with Crippen LogP contribution >= 0.6 is 0 Å². The molecule has 106 valence electrons. The van der Waals surface area contributed by atoms with E-state index >= 15 is 0 Å². The number of likely N-dealkylation sites (N-methyl/N-ethyl adjacent to an activating group) is 1. The second-order valence-corrected chi connectivity index (χ2v) is 4.05. The molecule has 0 heterocycles. The normalized spacial score (nSPS) is 11.8. The summed E-state index contributed by atoms with van der Waals surface area (Å²) in [6.45, 7) is 0.0299. The number of carbonyl (C=O) groups is 1. The number of benzene rings is 1. The van der Waals surface area contributed by atoms with Crippen molar-refractivity contribution in [1.29, 1.82) is 0 Å². The number of carbonyl (C=O) groups excluding carboxylic acids is 1. The molecular weight excluding hydrogens is 263 g/mol. The van der Waals surface area contributed by atoms with Gasteiger partial charge in [0.05, 0.1) is 13.1 Å². The van der Waals surface area contributed by atoms with Gasteiger partial charge in [0.15, 0.2) is 17.3 Å². The first-order valence-corrected chi connectivity index (χ1v) is 5.57. The highest BCUT2D eigenvalue weighted by molar-refractivity contribution is 5.98. The molecule has 2 N–H and O–H groups in total. The highest BCUT2D eigenvalue weighted by Gasteiger charge is 2.30. The van der Waals surface area contributed by atoms with Crippen molar-refractivity contribution >= 4 is 5.78 Å². The topological polar surface area (TPSA) is 60.8 Å². The molecule has 0 aliphatic rings. The first-order valence-electron chi connectivity index (χ1n) is 5.57. The van der Waals surface area contributed by atoms with Crippen molar-refractivity contribution < 1.29 is 28.2 Å². The number of halogens is 3. The van der Waals surface area contributed by atoms with Gasteiger partial charge in [-0.05, 0) is 24.7 Å². The van der Waals surface area contributed by atoms with Gasteiger partial charge in [0.2, 0.25) is 0 Å². The summed E-state index contributed by atoms with van der Waals surface area (Å²) >= 11 is 0. The third-order valence-electron chi connectivity index (χ3n) is 2.51. The van der Waals surface area contributed by atoms with E-state index in [9.17, 15) is 23.1 Å². The molecule has 0 bridgehead atoms. The lowest BCUT2D eigenvalue weighted by Crippen LogP contribution is -2.37. The van der Waals surface area contributed by atoms with E-state index in [0.717, 1.165) is 17.0 Å². The Morgan fingerprint density at radius 1 is 1.26 bits per heavy atom. The molecule has 0 unspecified atom stereocenters. The number of hydrogen-bond donors (Lipinski definition) is 2. The van der Waals surface area contributed by atoms with E-state index in [-0.39, 0.29) is 17.9 Å². The Morgan fingerprint density at radius 3 is 2.37 bits per heavy atom. The molecule has 0 aliphatic carbocycles. The Labute approximate surface area is 108 Å². The van der Waals surface area contributed by atoms with Gasteiger partial charge in [0.25, 0.3) is 0 Å². The fraction of sp³-hybridized carbons (Fsp3) is 0.417. The van der Waals surface area contributed by atoms with Crippen molar-refractivity contribution in [2.45, 2.75) is 13.1 Å². The number of ketones is 1. The molecule has 4 nitrogen and oxygen atoms in total. The van der Waals surface area contributed by atoms with Gasteiger partial charge >= 0.3 is 6.18 Å². The fourth-order valence-corrected chi connectivity index (χ4v) is 1.52. The van der Waals surface area contributed by atoms with Crippen LogP contribution in [0.5, 0.6) is 11.5 Å². The average molecular weight is 277 g/mol. The van der Waals surface area contributed by atoms with E-state index in [4.69, 9.17) is 5.11 Å². The zero-order valence-corrected chi connectivity index (χ0v) is 10.2. The van der Waals surface area contributed by atoms with E-state index in [1.54, 1.807) is 0 Å². The Balaban J connectivity index is 2.74. The molecule has 0 aliphatic heterocycles. The van der Waals surface area contributed by atoms with Gasteiger partial charge in [0.1, 0.15) is 0 Å². The molecule has 0 saturated heterocycles. The van der Waals surface area contributed by atoms with Crippen LogP contribution in [0.25, 0.3) is 0 Å². The monoisotopic (exact) mass is 277 g/mol. The number of alkyl halides is 3. The largest absolute Gasteiger partial charge is 0.504 e. The van der Waals surface area contributed by atoms with Crippen LogP contribution in [-0.4, -0.2) is 46.7 Å². The summed E-state index contributed by atoms with van der Waals surface area (Å²) in [6.07, 6.45) is -4.37. The van der Waals surface area contributed by atoms with Crippen LogP contribution in [0.2, 0.25) is 0 Å². The van der Waals surface area contributed by atoms with Crippen molar-refractivity contribution in [2.75, 3.05) is 19.6 Å². The van der Waals surface area contributed by atoms with Crippen molar-refractivity contribution in [2.24, 2.45) is 0 Å². The van der Waals surface area contributed by atoms with Crippen LogP contribution < -0.4 is 0 Å². The molecule has 1 aromatic rings. The Morgan fingerprint density at radius 2 is 1.89 bits per heavy atom. The molecule has 0 atom stereocenters. The summed E-state index contributed by atoms with van der Waals surface area (Å²) in [5.41, 5.74) is 0.0518. The summed E-state index contributed by atoms with van der Waals surface area (Å²) in [5, 5.41) is 18.3. The second kappa shape index (κ2) is 5.92. The van der Waals surface area contributed by atoms with E-state index in [1.165, 1.54) is 13.0 Å². The zero-order chi connectivity index (χ0) is 14.6. The van der Waals surface area contributed by atoms with Crippen LogP contribution in [0.1, 0.15) is 17.3 Å². The van der Waals surface area contributed by atoms with Gasteiger partial charge in [-0.25, -0.2) is 0 Å². The third-order valence-corrected chi connectivity index (χ3v) is 2.51. The molecule has 19 heavy (non-hydrogen) atoms. The van der Waals surface area contributed by atoms with Gasteiger partial charge in [-0.1, -0.05) is 6.92 Å². The number of rotatable bonds is 5. The minimum atomic E-state index is -4.37. The van der Waals surface area contributed by atoms with Crippen LogP contribution in [-0.2, 0) is 0 Å². The lowest BCUT2D eigenvalue weighted by atomic mass is 10.1. The summed E-state index contributed by atoms with van der Waals surface area (Å²) in [5.74, 6) is -1.43. The SMILES string of the molecule is CCN(CC(=O)c1ccc(O)c(O)c1)CC(F)(F)F.